The fourth-order valence-electron chi connectivity index (χ4n) is 3.18. The van der Waals surface area contributed by atoms with E-state index in [1.807, 2.05) is 0 Å². The molecule has 0 aliphatic heterocycles. The first-order chi connectivity index (χ1) is 14.8. The molecule has 1 heterocycles. The molecule has 0 saturated heterocycles. The van der Waals surface area contributed by atoms with Crippen molar-refractivity contribution in [3.05, 3.63) is 53.2 Å². The van der Waals surface area contributed by atoms with Crippen molar-refractivity contribution in [3.63, 3.8) is 0 Å². The molecule has 2 N–H and O–H groups in total. The minimum absolute atomic E-state index is 0.0392. The van der Waals surface area contributed by atoms with Crippen LogP contribution in [0.4, 0.5) is 0 Å². The van der Waals surface area contributed by atoms with Gasteiger partial charge in [-0.1, -0.05) is 6.07 Å². The first-order valence-electron chi connectivity index (χ1n) is 10.1. The number of nitrogens with zero attached hydrogens (tertiary/aromatic N) is 1. The number of ether oxygens (including phenoxy) is 2. The Kier molecular flexibility index (Phi) is 5.75. The Labute approximate surface area is 186 Å². The van der Waals surface area contributed by atoms with Crippen molar-refractivity contribution in [2.24, 2.45) is 0 Å². The molecule has 0 saturated carbocycles. The first kappa shape index (κ1) is 22.9. The number of carbonyl (C=O) groups is 2. The lowest BCUT2D eigenvalue weighted by molar-refractivity contribution is 0.00526. The molecule has 3 aromatic rings. The average molecular weight is 434 g/mol. The Morgan fingerprint density at radius 1 is 0.938 bits per heavy atom. The maximum absolute atomic E-state index is 12.5. The van der Waals surface area contributed by atoms with Gasteiger partial charge in [0, 0.05) is 10.9 Å². The number of hydrogen-bond donors (Lipinski definition) is 2. The van der Waals surface area contributed by atoms with Gasteiger partial charge >= 0.3 is 11.9 Å². The summed E-state index contributed by atoms with van der Waals surface area (Å²) in [7, 11) is 0. The molecule has 3 rings (SSSR count). The Morgan fingerprint density at radius 3 is 2.12 bits per heavy atom. The SMILES string of the molecule is CC(C)(C)OC(=O)c1cc2cc(C#N)cc(-c3ccc(C(=O)OC(C)(C)C)c(O)c3)c2[nH]1. The highest BCUT2D eigenvalue weighted by Gasteiger charge is 2.23. The highest BCUT2D eigenvalue weighted by atomic mass is 16.6. The normalized spacial score (nSPS) is 11.8. The summed E-state index contributed by atoms with van der Waals surface area (Å²) < 4.78 is 10.8. The van der Waals surface area contributed by atoms with Crippen LogP contribution in [0.25, 0.3) is 22.0 Å². The molecule has 2 aromatic carbocycles. The van der Waals surface area contributed by atoms with Gasteiger partial charge in [-0.25, -0.2) is 9.59 Å². The van der Waals surface area contributed by atoms with Gasteiger partial charge in [-0.05, 0) is 77.4 Å². The van der Waals surface area contributed by atoms with Crippen molar-refractivity contribution in [2.45, 2.75) is 52.7 Å². The molecule has 0 bridgehead atoms. The summed E-state index contributed by atoms with van der Waals surface area (Å²) in [6.45, 7) is 10.6. The van der Waals surface area contributed by atoms with Gasteiger partial charge in [0.25, 0.3) is 0 Å². The van der Waals surface area contributed by atoms with Crippen LogP contribution in [0.1, 0.15) is 68.0 Å². The van der Waals surface area contributed by atoms with Crippen LogP contribution in [0.3, 0.4) is 0 Å². The Balaban J connectivity index is 2.08. The van der Waals surface area contributed by atoms with Crippen LogP contribution in [0.15, 0.2) is 36.4 Å². The van der Waals surface area contributed by atoms with Gasteiger partial charge in [-0.15, -0.1) is 0 Å². The molecule has 0 radical (unpaired) electrons. The van der Waals surface area contributed by atoms with Crippen molar-refractivity contribution >= 4 is 22.8 Å². The molecule has 166 valence electrons. The van der Waals surface area contributed by atoms with Crippen LogP contribution in [0.5, 0.6) is 5.75 Å². The fraction of sp³-hybridized carbons (Fsp3) is 0.320. The highest BCUT2D eigenvalue weighted by molar-refractivity contribution is 6.02. The zero-order valence-corrected chi connectivity index (χ0v) is 19.0. The van der Waals surface area contributed by atoms with Gasteiger partial charge in [0.05, 0.1) is 17.1 Å². The van der Waals surface area contributed by atoms with Crippen LogP contribution in [-0.2, 0) is 9.47 Å². The molecule has 0 fully saturated rings. The Morgan fingerprint density at radius 2 is 1.56 bits per heavy atom. The predicted molar refractivity (Wildman–Crippen MR) is 120 cm³/mol. The van der Waals surface area contributed by atoms with E-state index in [0.717, 1.165) is 0 Å². The molecule has 7 nitrogen and oxygen atoms in total. The number of phenols is 1. The van der Waals surface area contributed by atoms with Gasteiger partial charge < -0.3 is 19.6 Å². The number of benzene rings is 2. The molecule has 32 heavy (non-hydrogen) atoms. The smallest absolute Gasteiger partial charge is 0.355 e. The predicted octanol–water partition coefficient (Wildman–Crippen LogP) is 5.32. The Bertz CT molecular complexity index is 1250. The second-order valence-corrected chi connectivity index (χ2v) is 9.52. The van der Waals surface area contributed by atoms with Crippen molar-refractivity contribution in [1.82, 2.24) is 4.98 Å². The van der Waals surface area contributed by atoms with Crippen molar-refractivity contribution in [3.8, 4) is 22.9 Å². The minimum Gasteiger partial charge on any atom is -0.507 e. The number of phenolic OH excluding ortho intramolecular Hbond substituents is 1. The van der Waals surface area contributed by atoms with E-state index >= 15 is 0 Å². The van der Waals surface area contributed by atoms with Crippen LogP contribution in [0.2, 0.25) is 0 Å². The number of nitrogens with one attached hydrogen (secondary N) is 1. The summed E-state index contributed by atoms with van der Waals surface area (Å²) in [4.78, 5) is 27.9. The fourth-order valence-corrected chi connectivity index (χ4v) is 3.18. The summed E-state index contributed by atoms with van der Waals surface area (Å²) in [5.74, 6) is -1.39. The summed E-state index contributed by atoms with van der Waals surface area (Å²) in [6.07, 6.45) is 0. The van der Waals surface area contributed by atoms with E-state index in [4.69, 9.17) is 9.47 Å². The number of aromatic hydroxyl groups is 1. The number of hydrogen-bond acceptors (Lipinski definition) is 6. The van der Waals surface area contributed by atoms with E-state index in [1.165, 1.54) is 12.1 Å². The molecule has 0 spiro atoms. The third kappa shape index (κ3) is 5.09. The van der Waals surface area contributed by atoms with Crippen LogP contribution in [0, 0.1) is 11.3 Å². The lowest BCUT2D eigenvalue weighted by atomic mass is 9.98. The zero-order chi connectivity index (χ0) is 23.8. The lowest BCUT2D eigenvalue weighted by Crippen LogP contribution is -2.24. The summed E-state index contributed by atoms with van der Waals surface area (Å²) in [6, 6.07) is 11.6. The number of aromatic nitrogens is 1. The number of fused-ring (bicyclic) bond motifs is 1. The molecular weight excluding hydrogens is 408 g/mol. The zero-order valence-electron chi connectivity index (χ0n) is 19.0. The number of nitriles is 1. The monoisotopic (exact) mass is 434 g/mol. The minimum atomic E-state index is -0.697. The number of carbonyl (C=O) groups excluding carboxylic acids is 2. The number of aromatic amines is 1. The number of esters is 2. The van der Waals surface area contributed by atoms with Crippen LogP contribution >= 0.6 is 0 Å². The summed E-state index contributed by atoms with van der Waals surface area (Å²) >= 11 is 0. The van der Waals surface area contributed by atoms with Crippen molar-refractivity contribution in [1.29, 1.82) is 5.26 Å². The standard InChI is InChI=1S/C25H26N2O5/c1-24(2,3)31-22(29)17-8-7-15(12-20(17)28)18-10-14(13-26)9-16-11-19(27-21(16)18)23(30)32-25(4,5)6/h7-12,27-28H,1-6H3. The topological polar surface area (TPSA) is 112 Å². The molecule has 0 amide bonds. The molecule has 7 heteroatoms. The quantitative estimate of drug-likeness (QED) is 0.539. The second-order valence-electron chi connectivity index (χ2n) is 9.52. The van der Waals surface area contributed by atoms with E-state index in [2.05, 4.69) is 11.1 Å². The third-order valence-corrected chi connectivity index (χ3v) is 4.40. The second kappa shape index (κ2) is 8.04. The lowest BCUT2D eigenvalue weighted by Gasteiger charge is -2.20. The molecular formula is C25H26N2O5. The Hall–Kier alpha value is -3.79. The first-order valence-corrected chi connectivity index (χ1v) is 10.1. The average Bonchev–Trinajstić information content (AvgIpc) is 3.08. The molecule has 0 unspecified atom stereocenters. The van der Waals surface area contributed by atoms with Crippen LogP contribution < -0.4 is 0 Å². The van der Waals surface area contributed by atoms with Crippen LogP contribution in [-0.4, -0.2) is 33.2 Å². The van der Waals surface area contributed by atoms with E-state index < -0.39 is 23.1 Å². The number of rotatable bonds is 3. The maximum Gasteiger partial charge on any atom is 0.355 e. The van der Waals surface area contributed by atoms with E-state index in [-0.39, 0.29) is 17.0 Å². The van der Waals surface area contributed by atoms with E-state index in [1.54, 1.807) is 65.8 Å². The largest absolute Gasteiger partial charge is 0.507 e. The van der Waals surface area contributed by atoms with E-state index in [0.29, 0.717) is 27.6 Å². The molecule has 1 aromatic heterocycles. The van der Waals surface area contributed by atoms with Gasteiger partial charge in [0.15, 0.2) is 0 Å². The molecule has 0 atom stereocenters. The highest BCUT2D eigenvalue weighted by Crippen LogP contribution is 2.34. The van der Waals surface area contributed by atoms with Crippen molar-refractivity contribution < 1.29 is 24.2 Å². The third-order valence-electron chi connectivity index (χ3n) is 4.40. The number of H-pyrrole nitrogens is 1. The van der Waals surface area contributed by atoms with Gasteiger partial charge in [-0.2, -0.15) is 5.26 Å². The maximum atomic E-state index is 12.5. The molecule has 0 aliphatic carbocycles. The molecule has 0 aliphatic rings. The van der Waals surface area contributed by atoms with Gasteiger partial charge in [0.1, 0.15) is 28.2 Å². The van der Waals surface area contributed by atoms with Gasteiger partial charge in [0.2, 0.25) is 0 Å². The summed E-state index contributed by atoms with van der Waals surface area (Å²) in [5.41, 5.74) is 1.09. The summed E-state index contributed by atoms with van der Waals surface area (Å²) in [5, 5.41) is 20.6. The van der Waals surface area contributed by atoms with E-state index in [9.17, 15) is 20.0 Å². The van der Waals surface area contributed by atoms with Gasteiger partial charge in [-0.3, -0.25) is 0 Å². The van der Waals surface area contributed by atoms with Crippen molar-refractivity contribution in [2.75, 3.05) is 0 Å².